The molecule has 0 amide bonds. The zero-order valence-electron chi connectivity index (χ0n) is 14.7. The quantitative estimate of drug-likeness (QED) is 0.314. The smallest absolute Gasteiger partial charge is 0.377 e. The molecule has 1 aromatic rings. The molecule has 128 valence electrons. The summed E-state index contributed by atoms with van der Waals surface area (Å²) >= 11 is 0. The molecular formula is C17H26O5Si. The van der Waals surface area contributed by atoms with Gasteiger partial charge in [0.25, 0.3) is 0 Å². The van der Waals surface area contributed by atoms with E-state index in [0.717, 1.165) is 16.7 Å². The van der Waals surface area contributed by atoms with Gasteiger partial charge in [0.15, 0.2) is 5.76 Å². The van der Waals surface area contributed by atoms with Gasteiger partial charge in [-0.1, -0.05) is 26.0 Å². The first-order valence-corrected chi connectivity index (χ1v) is 8.76. The second-order valence-corrected chi connectivity index (χ2v) is 6.90. The maximum atomic E-state index is 12.4. The van der Waals surface area contributed by atoms with Gasteiger partial charge in [0.2, 0.25) is 5.76 Å². The molecule has 0 bridgehead atoms. The van der Waals surface area contributed by atoms with E-state index in [1.807, 2.05) is 12.1 Å². The Morgan fingerprint density at radius 1 is 1.13 bits per heavy atom. The lowest BCUT2D eigenvalue weighted by Crippen LogP contribution is -2.23. The maximum Gasteiger partial charge on any atom is 0.377 e. The van der Waals surface area contributed by atoms with E-state index in [-0.39, 0.29) is 11.5 Å². The SMILES string of the molecule is COC(C(=O)OC([SiH3])CC(C)C)=C(OC)c1ccccc1OC. The Morgan fingerprint density at radius 3 is 2.30 bits per heavy atom. The lowest BCUT2D eigenvalue weighted by Gasteiger charge is -2.18. The summed E-state index contributed by atoms with van der Waals surface area (Å²) in [4.78, 5) is 12.4. The third-order valence-electron chi connectivity index (χ3n) is 3.26. The van der Waals surface area contributed by atoms with Crippen LogP contribution in [-0.4, -0.2) is 43.3 Å². The van der Waals surface area contributed by atoms with Crippen molar-refractivity contribution in [2.75, 3.05) is 21.3 Å². The predicted octanol–water partition coefficient (Wildman–Crippen LogP) is 1.94. The number of ether oxygens (including phenoxy) is 4. The van der Waals surface area contributed by atoms with Gasteiger partial charge in [-0.05, 0) is 24.5 Å². The van der Waals surface area contributed by atoms with E-state index in [1.54, 1.807) is 19.2 Å². The number of rotatable bonds is 8. The molecule has 0 aromatic heterocycles. The number of hydrogen-bond acceptors (Lipinski definition) is 5. The van der Waals surface area contributed by atoms with E-state index in [2.05, 4.69) is 13.8 Å². The standard InChI is InChI=1S/C17H26O5Si/c1-11(2)10-14(23)22-17(18)16(21-5)15(20-4)12-8-6-7-9-13(12)19-3/h6-9,11,14H,10H2,1-5,23H3. The van der Waals surface area contributed by atoms with Crippen LogP contribution in [0.15, 0.2) is 30.0 Å². The molecule has 5 nitrogen and oxygen atoms in total. The van der Waals surface area contributed by atoms with Gasteiger partial charge >= 0.3 is 5.97 Å². The molecule has 23 heavy (non-hydrogen) atoms. The molecule has 1 rings (SSSR count). The van der Waals surface area contributed by atoms with Crippen molar-refractivity contribution in [3.63, 3.8) is 0 Å². The zero-order valence-corrected chi connectivity index (χ0v) is 16.7. The number of methoxy groups -OCH3 is 3. The van der Waals surface area contributed by atoms with Gasteiger partial charge in [-0.3, -0.25) is 0 Å². The Bertz CT molecular complexity index is 554. The van der Waals surface area contributed by atoms with E-state index < -0.39 is 5.97 Å². The number of hydrogen-bond donors (Lipinski definition) is 0. The minimum absolute atomic E-state index is 0.0432. The van der Waals surface area contributed by atoms with Crippen LogP contribution in [-0.2, 0) is 19.0 Å². The average Bonchev–Trinajstić information content (AvgIpc) is 2.51. The van der Waals surface area contributed by atoms with Gasteiger partial charge in [0.05, 0.1) is 42.9 Å². The van der Waals surface area contributed by atoms with E-state index >= 15 is 0 Å². The molecule has 0 fully saturated rings. The summed E-state index contributed by atoms with van der Waals surface area (Å²) in [7, 11) is 5.24. The summed E-state index contributed by atoms with van der Waals surface area (Å²) in [6.07, 6.45) is 0.839. The van der Waals surface area contributed by atoms with Gasteiger partial charge in [0, 0.05) is 0 Å². The van der Waals surface area contributed by atoms with E-state index in [1.165, 1.54) is 14.2 Å². The molecule has 0 aliphatic carbocycles. The van der Waals surface area contributed by atoms with Crippen LogP contribution in [0.5, 0.6) is 5.75 Å². The molecular weight excluding hydrogens is 312 g/mol. The van der Waals surface area contributed by atoms with E-state index in [4.69, 9.17) is 18.9 Å². The van der Waals surface area contributed by atoms with Crippen molar-refractivity contribution < 1.29 is 23.7 Å². The lowest BCUT2D eigenvalue weighted by molar-refractivity contribution is -0.144. The van der Waals surface area contributed by atoms with Crippen LogP contribution in [0.25, 0.3) is 5.76 Å². The third-order valence-corrected chi connectivity index (χ3v) is 3.97. The monoisotopic (exact) mass is 338 g/mol. The minimum atomic E-state index is -0.518. The topological polar surface area (TPSA) is 54.0 Å². The second-order valence-electron chi connectivity index (χ2n) is 5.61. The fourth-order valence-electron chi connectivity index (χ4n) is 2.37. The molecule has 6 heteroatoms. The Morgan fingerprint density at radius 2 is 1.78 bits per heavy atom. The highest BCUT2D eigenvalue weighted by molar-refractivity contribution is 6.12. The highest BCUT2D eigenvalue weighted by atomic mass is 28.1. The van der Waals surface area contributed by atoms with Gasteiger partial charge in [-0.2, -0.15) is 0 Å². The molecule has 0 heterocycles. The summed E-state index contributed by atoms with van der Waals surface area (Å²) in [6, 6.07) is 7.28. The molecule has 0 aliphatic heterocycles. The number of carbonyl (C=O) groups is 1. The molecule has 0 aliphatic rings. The van der Waals surface area contributed by atoms with Crippen molar-refractivity contribution in [2.24, 2.45) is 5.92 Å². The van der Waals surface area contributed by atoms with Crippen LogP contribution in [0.2, 0.25) is 0 Å². The maximum absolute atomic E-state index is 12.4. The summed E-state index contributed by atoms with van der Waals surface area (Å²) in [5.74, 6) is 0.888. The molecule has 0 saturated heterocycles. The highest BCUT2D eigenvalue weighted by Gasteiger charge is 2.24. The molecule has 1 aromatic carbocycles. The molecule has 1 atom stereocenters. The fraction of sp³-hybridized carbons (Fsp3) is 0.471. The number of esters is 1. The van der Waals surface area contributed by atoms with Crippen LogP contribution >= 0.6 is 0 Å². The molecule has 0 N–H and O–H groups in total. The summed E-state index contributed by atoms with van der Waals surface area (Å²) < 4.78 is 21.5. The lowest BCUT2D eigenvalue weighted by atomic mass is 10.1. The zero-order chi connectivity index (χ0) is 17.4. The van der Waals surface area contributed by atoms with E-state index in [9.17, 15) is 4.79 Å². The van der Waals surface area contributed by atoms with Crippen molar-refractivity contribution >= 4 is 22.0 Å². The molecule has 0 spiro atoms. The van der Waals surface area contributed by atoms with Crippen LogP contribution in [0, 0.1) is 5.92 Å². The highest BCUT2D eigenvalue weighted by Crippen LogP contribution is 2.29. The minimum Gasteiger partial charge on any atom is -0.496 e. The first-order valence-electron chi connectivity index (χ1n) is 7.61. The molecule has 0 radical (unpaired) electrons. The molecule has 1 unspecified atom stereocenters. The molecule has 0 saturated carbocycles. The van der Waals surface area contributed by atoms with E-state index in [0.29, 0.717) is 23.0 Å². The van der Waals surface area contributed by atoms with Crippen LogP contribution in [0.1, 0.15) is 25.8 Å². The predicted molar refractivity (Wildman–Crippen MR) is 93.2 cm³/mol. The number of carbonyl (C=O) groups excluding carboxylic acids is 1. The van der Waals surface area contributed by atoms with Gasteiger partial charge < -0.3 is 18.9 Å². The summed E-state index contributed by atoms with van der Waals surface area (Å²) in [6.45, 7) is 4.20. The Hall–Kier alpha value is -1.95. The van der Waals surface area contributed by atoms with Gasteiger partial charge in [-0.25, -0.2) is 4.79 Å². The largest absolute Gasteiger partial charge is 0.496 e. The number of para-hydroxylation sites is 1. The van der Waals surface area contributed by atoms with Crippen molar-refractivity contribution in [3.8, 4) is 5.75 Å². The van der Waals surface area contributed by atoms with Crippen molar-refractivity contribution in [1.29, 1.82) is 0 Å². The van der Waals surface area contributed by atoms with Crippen molar-refractivity contribution in [1.82, 2.24) is 0 Å². The Balaban J connectivity index is 3.15. The average molecular weight is 338 g/mol. The number of benzene rings is 1. The van der Waals surface area contributed by atoms with Crippen LogP contribution in [0.3, 0.4) is 0 Å². The third kappa shape index (κ3) is 5.32. The first-order chi connectivity index (χ1) is 10.9. The normalized spacial score (nSPS) is 13.3. The first kappa shape index (κ1) is 19.1. The van der Waals surface area contributed by atoms with Gasteiger partial charge in [0.1, 0.15) is 5.75 Å². The van der Waals surface area contributed by atoms with Crippen molar-refractivity contribution in [3.05, 3.63) is 35.6 Å². The Kier molecular flexibility index (Phi) is 7.68. The van der Waals surface area contributed by atoms with Gasteiger partial charge in [-0.15, -0.1) is 0 Å². The second kappa shape index (κ2) is 9.25. The summed E-state index contributed by atoms with van der Waals surface area (Å²) in [5, 5.41) is 0. The summed E-state index contributed by atoms with van der Waals surface area (Å²) in [5.41, 5.74) is 0.573. The fourth-order valence-corrected chi connectivity index (χ4v) is 3.53. The van der Waals surface area contributed by atoms with Crippen LogP contribution < -0.4 is 4.74 Å². The Labute approximate surface area is 141 Å². The van der Waals surface area contributed by atoms with Crippen LogP contribution in [0.4, 0.5) is 0 Å². The van der Waals surface area contributed by atoms with Crippen molar-refractivity contribution in [2.45, 2.75) is 26.0 Å².